The van der Waals surface area contributed by atoms with Crippen molar-refractivity contribution in [2.75, 3.05) is 6.54 Å². The Balaban J connectivity index is 1.67. The summed E-state index contributed by atoms with van der Waals surface area (Å²) in [6.07, 6.45) is 3.07. The van der Waals surface area contributed by atoms with Crippen LogP contribution < -0.4 is 0 Å². The topological polar surface area (TPSA) is 37.4 Å². The summed E-state index contributed by atoms with van der Waals surface area (Å²) < 4.78 is 0. The van der Waals surface area contributed by atoms with Gasteiger partial charge in [0, 0.05) is 24.9 Å². The van der Waals surface area contributed by atoms with Crippen LogP contribution in [0.15, 0.2) is 24.3 Å². The van der Waals surface area contributed by atoms with Gasteiger partial charge in [-0.1, -0.05) is 45.0 Å². The highest BCUT2D eigenvalue weighted by Gasteiger charge is 2.73. The molecule has 1 aliphatic heterocycles. The predicted octanol–water partition coefficient (Wildman–Crippen LogP) is 3.36. The van der Waals surface area contributed by atoms with E-state index in [1.54, 1.807) is 0 Å². The van der Waals surface area contributed by atoms with Crippen molar-refractivity contribution in [3.8, 4) is 0 Å². The third-order valence-electron chi connectivity index (χ3n) is 7.53. The number of hydrogen-bond acceptors (Lipinski definition) is 2. The van der Waals surface area contributed by atoms with E-state index in [0.717, 1.165) is 25.8 Å². The van der Waals surface area contributed by atoms with Crippen LogP contribution >= 0.6 is 0 Å². The van der Waals surface area contributed by atoms with Crippen molar-refractivity contribution >= 4 is 11.7 Å². The second-order valence-corrected chi connectivity index (χ2v) is 8.38. The molecule has 2 atom stereocenters. The summed E-state index contributed by atoms with van der Waals surface area (Å²) in [5.41, 5.74) is 1.56. The second kappa shape index (κ2) is 4.46. The van der Waals surface area contributed by atoms with Crippen LogP contribution in [0.3, 0.4) is 0 Å². The quantitative estimate of drug-likeness (QED) is 0.797. The van der Waals surface area contributed by atoms with Crippen molar-refractivity contribution in [3.63, 3.8) is 0 Å². The van der Waals surface area contributed by atoms with E-state index in [-0.39, 0.29) is 16.7 Å². The Morgan fingerprint density at radius 3 is 2.39 bits per heavy atom. The van der Waals surface area contributed by atoms with Gasteiger partial charge in [0.05, 0.1) is 5.41 Å². The molecule has 0 spiro atoms. The van der Waals surface area contributed by atoms with Gasteiger partial charge in [-0.15, -0.1) is 0 Å². The number of hydrogen-bond donors (Lipinski definition) is 0. The number of ketones is 1. The molecule has 0 unspecified atom stereocenters. The Labute approximate surface area is 138 Å². The van der Waals surface area contributed by atoms with E-state index in [2.05, 4.69) is 39.0 Å². The molecule has 0 saturated heterocycles. The number of benzene rings is 1. The van der Waals surface area contributed by atoms with Crippen LogP contribution in [0.5, 0.6) is 0 Å². The lowest BCUT2D eigenvalue weighted by molar-refractivity contribution is -0.148. The number of amides is 1. The second-order valence-electron chi connectivity index (χ2n) is 8.38. The number of Topliss-reactive ketones (excluding diaryl/α,β-unsaturated/α-hetero) is 1. The van der Waals surface area contributed by atoms with Crippen molar-refractivity contribution in [2.45, 2.75) is 53.0 Å². The first-order chi connectivity index (χ1) is 10.8. The van der Waals surface area contributed by atoms with E-state index < -0.39 is 5.41 Å². The third-order valence-corrected chi connectivity index (χ3v) is 7.53. The first-order valence-corrected chi connectivity index (χ1v) is 8.71. The average molecular weight is 311 g/mol. The van der Waals surface area contributed by atoms with Gasteiger partial charge in [0.1, 0.15) is 5.78 Å². The van der Waals surface area contributed by atoms with Crippen LogP contribution in [0.1, 0.15) is 51.2 Å². The van der Waals surface area contributed by atoms with Crippen LogP contribution in [0.25, 0.3) is 0 Å². The lowest BCUT2D eigenvalue weighted by Crippen LogP contribution is -2.50. The molecule has 2 bridgehead atoms. The molecule has 0 aromatic heterocycles. The third kappa shape index (κ3) is 1.66. The van der Waals surface area contributed by atoms with Crippen LogP contribution in [0.2, 0.25) is 0 Å². The summed E-state index contributed by atoms with van der Waals surface area (Å²) in [7, 11) is 0. The first-order valence-electron chi connectivity index (χ1n) is 8.71. The van der Waals surface area contributed by atoms with Gasteiger partial charge in [0.15, 0.2) is 0 Å². The standard InChI is InChI=1S/C20H25NO2/c1-18(2)19(3)9-10-20(18,12-16(19)22)17(23)21-11-8-14-6-4-5-7-15(14)13-21/h4-7H,8-13H2,1-3H3/t19-,20-/m1/s1. The molecule has 3 nitrogen and oxygen atoms in total. The molecule has 2 fully saturated rings. The zero-order valence-electron chi connectivity index (χ0n) is 14.3. The number of carbonyl (C=O) groups excluding carboxylic acids is 2. The lowest BCUT2D eigenvalue weighted by Gasteiger charge is -2.42. The van der Waals surface area contributed by atoms with E-state index in [1.165, 1.54) is 11.1 Å². The maximum Gasteiger partial charge on any atom is 0.230 e. The lowest BCUT2D eigenvalue weighted by atomic mass is 9.64. The molecule has 23 heavy (non-hydrogen) atoms. The average Bonchev–Trinajstić information content (AvgIpc) is 2.84. The first kappa shape index (κ1) is 14.9. The Kier molecular flexibility index (Phi) is 2.89. The normalized spacial score (nSPS) is 34.6. The van der Waals surface area contributed by atoms with Crippen LogP contribution in [0.4, 0.5) is 0 Å². The van der Waals surface area contributed by atoms with Gasteiger partial charge >= 0.3 is 0 Å². The maximum atomic E-state index is 13.5. The van der Waals surface area contributed by atoms with Gasteiger partial charge < -0.3 is 4.90 Å². The predicted molar refractivity (Wildman–Crippen MR) is 88.7 cm³/mol. The minimum atomic E-state index is -0.481. The summed E-state index contributed by atoms with van der Waals surface area (Å²) in [4.78, 5) is 28.1. The van der Waals surface area contributed by atoms with Gasteiger partial charge in [-0.3, -0.25) is 9.59 Å². The van der Waals surface area contributed by atoms with Gasteiger partial charge in [0.25, 0.3) is 0 Å². The zero-order valence-corrected chi connectivity index (χ0v) is 14.3. The van der Waals surface area contributed by atoms with Crippen molar-refractivity contribution in [1.29, 1.82) is 0 Å². The molecular weight excluding hydrogens is 286 g/mol. The fourth-order valence-corrected chi connectivity index (χ4v) is 5.30. The fraction of sp³-hybridized carbons (Fsp3) is 0.600. The Morgan fingerprint density at radius 2 is 1.78 bits per heavy atom. The van der Waals surface area contributed by atoms with Crippen LogP contribution in [0, 0.1) is 16.2 Å². The van der Waals surface area contributed by atoms with Gasteiger partial charge in [-0.2, -0.15) is 0 Å². The molecule has 3 heteroatoms. The fourth-order valence-electron chi connectivity index (χ4n) is 5.30. The molecule has 2 aliphatic carbocycles. The highest BCUT2D eigenvalue weighted by molar-refractivity contribution is 5.99. The van der Waals surface area contributed by atoms with Gasteiger partial charge in [-0.05, 0) is 35.8 Å². The van der Waals surface area contributed by atoms with Crippen molar-refractivity contribution in [2.24, 2.45) is 16.2 Å². The van der Waals surface area contributed by atoms with E-state index in [9.17, 15) is 9.59 Å². The van der Waals surface area contributed by atoms with E-state index in [4.69, 9.17) is 0 Å². The summed E-state index contributed by atoms with van der Waals surface area (Å²) in [6.45, 7) is 7.82. The van der Waals surface area contributed by atoms with Crippen molar-refractivity contribution < 1.29 is 9.59 Å². The number of rotatable bonds is 1. The molecule has 1 heterocycles. The minimum absolute atomic E-state index is 0.214. The van der Waals surface area contributed by atoms with E-state index >= 15 is 0 Å². The Morgan fingerprint density at radius 1 is 1.09 bits per heavy atom. The molecule has 3 aliphatic rings. The summed E-state index contributed by atoms with van der Waals surface area (Å²) in [5, 5.41) is 0. The smallest absolute Gasteiger partial charge is 0.230 e. The molecule has 4 rings (SSSR count). The highest BCUT2D eigenvalue weighted by atomic mass is 16.2. The molecule has 0 radical (unpaired) electrons. The minimum Gasteiger partial charge on any atom is -0.338 e. The maximum absolute atomic E-state index is 13.5. The number of fused-ring (bicyclic) bond motifs is 3. The number of carbonyl (C=O) groups is 2. The Hall–Kier alpha value is -1.64. The summed E-state index contributed by atoms with van der Waals surface area (Å²) in [5.74, 6) is 0.506. The molecule has 2 saturated carbocycles. The van der Waals surface area contributed by atoms with E-state index in [0.29, 0.717) is 18.7 Å². The van der Waals surface area contributed by atoms with Crippen LogP contribution in [-0.4, -0.2) is 23.1 Å². The summed E-state index contributed by atoms with van der Waals surface area (Å²) in [6, 6.07) is 8.39. The van der Waals surface area contributed by atoms with Gasteiger partial charge in [-0.25, -0.2) is 0 Å². The van der Waals surface area contributed by atoms with Crippen molar-refractivity contribution in [3.05, 3.63) is 35.4 Å². The molecule has 122 valence electrons. The molecular formula is C20H25NO2. The molecule has 0 N–H and O–H groups in total. The molecule has 1 aromatic rings. The zero-order chi connectivity index (χ0) is 16.5. The van der Waals surface area contributed by atoms with Gasteiger partial charge in [0.2, 0.25) is 5.91 Å². The summed E-state index contributed by atoms with van der Waals surface area (Å²) >= 11 is 0. The number of nitrogens with zero attached hydrogens (tertiary/aromatic N) is 1. The molecule has 1 aromatic carbocycles. The van der Waals surface area contributed by atoms with Crippen molar-refractivity contribution in [1.82, 2.24) is 4.90 Å². The molecule has 1 amide bonds. The highest BCUT2D eigenvalue weighted by Crippen LogP contribution is 2.71. The largest absolute Gasteiger partial charge is 0.338 e. The SMILES string of the molecule is CC1(C)[C@]2(C(=O)N3CCc4ccccc4C3)CC[C@]1(C)C(=O)C2. The van der Waals surface area contributed by atoms with E-state index in [1.807, 2.05) is 11.0 Å². The van der Waals surface area contributed by atoms with Crippen LogP contribution in [-0.2, 0) is 22.6 Å². The monoisotopic (exact) mass is 311 g/mol. The Bertz CT molecular complexity index is 707.